The zero-order chi connectivity index (χ0) is 10.2. The zero-order valence-corrected chi connectivity index (χ0v) is 9.82. The Bertz CT molecular complexity index is 316. The molecule has 0 bridgehead atoms. The molecule has 1 aromatic rings. The summed E-state index contributed by atoms with van der Waals surface area (Å²) >= 11 is 3.44. The van der Waals surface area contributed by atoms with Gasteiger partial charge >= 0.3 is 0 Å². The van der Waals surface area contributed by atoms with E-state index in [2.05, 4.69) is 15.9 Å². The van der Waals surface area contributed by atoms with E-state index < -0.39 is 0 Å². The Kier molecular flexibility index (Phi) is 2.86. The fourth-order valence-corrected chi connectivity index (χ4v) is 2.07. The van der Waals surface area contributed by atoms with Crippen molar-refractivity contribution in [3.63, 3.8) is 0 Å². The molecule has 0 aromatic heterocycles. The Morgan fingerprint density at radius 2 is 1.62 bits per heavy atom. The molecule has 0 fully saturated rings. The van der Waals surface area contributed by atoms with Gasteiger partial charge in [0.2, 0.25) is 0 Å². The van der Waals surface area contributed by atoms with Crippen molar-refractivity contribution in [2.75, 3.05) is 7.11 Å². The van der Waals surface area contributed by atoms with E-state index in [9.17, 15) is 5.11 Å². The Hall–Kier alpha value is -0.700. The maximum atomic E-state index is 9.72. The van der Waals surface area contributed by atoms with Crippen molar-refractivity contribution in [3.8, 4) is 11.5 Å². The number of hydrogen-bond donors (Lipinski definition) is 1. The minimum absolute atomic E-state index is 0.317. The van der Waals surface area contributed by atoms with E-state index in [1.807, 2.05) is 20.8 Å². The Morgan fingerprint density at radius 1 is 1.08 bits per heavy atom. The van der Waals surface area contributed by atoms with E-state index in [1.165, 1.54) is 0 Å². The van der Waals surface area contributed by atoms with Crippen LogP contribution in [0.2, 0.25) is 0 Å². The number of phenolic OH excluding ortho intramolecular Hbond substituents is 1. The topological polar surface area (TPSA) is 29.5 Å². The van der Waals surface area contributed by atoms with Crippen molar-refractivity contribution in [2.24, 2.45) is 0 Å². The SMILES string of the molecule is COc1c(C)c(O)c(C)c(C)c1Br. The lowest BCUT2D eigenvalue weighted by molar-refractivity contribution is 0.398. The van der Waals surface area contributed by atoms with Crippen molar-refractivity contribution in [1.29, 1.82) is 0 Å². The highest BCUT2D eigenvalue weighted by atomic mass is 79.9. The van der Waals surface area contributed by atoms with Crippen LogP contribution in [0.5, 0.6) is 11.5 Å². The molecule has 0 spiro atoms. The minimum atomic E-state index is 0.317. The molecule has 1 N–H and O–H groups in total. The summed E-state index contributed by atoms with van der Waals surface area (Å²) < 4.78 is 6.10. The molecule has 0 aliphatic rings. The summed E-state index contributed by atoms with van der Waals surface area (Å²) in [7, 11) is 1.60. The van der Waals surface area contributed by atoms with Gasteiger partial charge in [-0.25, -0.2) is 0 Å². The molecule has 1 aromatic carbocycles. The van der Waals surface area contributed by atoms with Crippen LogP contribution >= 0.6 is 15.9 Å². The van der Waals surface area contributed by atoms with Crippen LogP contribution in [0.4, 0.5) is 0 Å². The number of benzene rings is 1. The standard InChI is InChI=1S/C10H13BrO2/c1-5-6(2)9(12)7(3)10(13-4)8(5)11/h12H,1-4H3. The zero-order valence-electron chi connectivity index (χ0n) is 8.23. The van der Waals surface area contributed by atoms with Gasteiger partial charge in [0.25, 0.3) is 0 Å². The van der Waals surface area contributed by atoms with E-state index in [-0.39, 0.29) is 0 Å². The van der Waals surface area contributed by atoms with E-state index in [1.54, 1.807) is 7.11 Å². The van der Waals surface area contributed by atoms with Gasteiger partial charge in [-0.3, -0.25) is 0 Å². The summed E-state index contributed by atoms with van der Waals surface area (Å²) in [5.41, 5.74) is 2.68. The van der Waals surface area contributed by atoms with E-state index in [0.29, 0.717) is 11.5 Å². The summed E-state index contributed by atoms with van der Waals surface area (Å²) in [5.74, 6) is 1.03. The molecule has 2 nitrogen and oxygen atoms in total. The monoisotopic (exact) mass is 244 g/mol. The first-order valence-electron chi connectivity index (χ1n) is 4.02. The fourth-order valence-electron chi connectivity index (χ4n) is 1.31. The van der Waals surface area contributed by atoms with Gasteiger partial charge in [0.1, 0.15) is 11.5 Å². The number of ether oxygens (including phenoxy) is 1. The van der Waals surface area contributed by atoms with Gasteiger partial charge in [-0.05, 0) is 47.8 Å². The summed E-state index contributed by atoms with van der Waals surface area (Å²) in [4.78, 5) is 0. The van der Waals surface area contributed by atoms with Crippen LogP contribution in [0.1, 0.15) is 16.7 Å². The maximum absolute atomic E-state index is 9.72. The van der Waals surface area contributed by atoms with Crippen molar-refractivity contribution < 1.29 is 9.84 Å². The molecule has 0 saturated carbocycles. The third kappa shape index (κ3) is 1.53. The highest BCUT2D eigenvalue weighted by molar-refractivity contribution is 9.10. The van der Waals surface area contributed by atoms with Gasteiger partial charge < -0.3 is 9.84 Å². The van der Waals surface area contributed by atoms with Gasteiger partial charge in [-0.15, -0.1) is 0 Å². The van der Waals surface area contributed by atoms with Crippen LogP contribution in [-0.2, 0) is 0 Å². The molecule has 13 heavy (non-hydrogen) atoms. The predicted octanol–water partition coefficient (Wildman–Crippen LogP) is 3.09. The first-order chi connectivity index (χ1) is 6.00. The molecule has 0 radical (unpaired) electrons. The van der Waals surface area contributed by atoms with Gasteiger partial charge in [-0.2, -0.15) is 0 Å². The third-order valence-electron chi connectivity index (χ3n) is 2.35. The highest BCUT2D eigenvalue weighted by Crippen LogP contribution is 2.40. The Balaban J connectivity index is 3.56. The molecule has 0 atom stereocenters. The number of halogens is 1. The molecule has 0 aliphatic heterocycles. The number of rotatable bonds is 1. The second-order valence-electron chi connectivity index (χ2n) is 3.07. The molecular formula is C10H13BrO2. The average Bonchev–Trinajstić information content (AvgIpc) is 2.13. The lowest BCUT2D eigenvalue weighted by Gasteiger charge is -2.14. The first kappa shape index (κ1) is 10.4. The molecule has 3 heteroatoms. The van der Waals surface area contributed by atoms with Crippen LogP contribution < -0.4 is 4.74 Å². The smallest absolute Gasteiger partial charge is 0.139 e. The second kappa shape index (κ2) is 3.58. The van der Waals surface area contributed by atoms with Crippen LogP contribution in [0.3, 0.4) is 0 Å². The third-order valence-corrected chi connectivity index (χ3v) is 3.30. The number of hydrogen-bond acceptors (Lipinski definition) is 2. The molecule has 0 aliphatic carbocycles. The van der Waals surface area contributed by atoms with Crippen LogP contribution in [0.15, 0.2) is 4.47 Å². The molecular weight excluding hydrogens is 232 g/mol. The average molecular weight is 245 g/mol. The van der Waals surface area contributed by atoms with Crippen molar-refractivity contribution in [2.45, 2.75) is 20.8 Å². The number of aromatic hydroxyl groups is 1. The van der Waals surface area contributed by atoms with Gasteiger partial charge in [0, 0.05) is 5.56 Å². The Labute approximate surface area is 86.7 Å². The van der Waals surface area contributed by atoms with E-state index in [0.717, 1.165) is 21.2 Å². The normalized spacial score (nSPS) is 10.2. The van der Waals surface area contributed by atoms with Crippen LogP contribution in [0, 0.1) is 20.8 Å². The molecule has 72 valence electrons. The molecule has 1 rings (SSSR count). The summed E-state index contributed by atoms with van der Waals surface area (Å²) in [6.45, 7) is 5.67. The predicted molar refractivity (Wildman–Crippen MR) is 56.6 cm³/mol. The molecule has 0 amide bonds. The number of methoxy groups -OCH3 is 1. The Morgan fingerprint density at radius 3 is 2.08 bits per heavy atom. The first-order valence-corrected chi connectivity index (χ1v) is 4.82. The van der Waals surface area contributed by atoms with E-state index in [4.69, 9.17) is 4.74 Å². The van der Waals surface area contributed by atoms with Gasteiger partial charge in [-0.1, -0.05) is 0 Å². The summed E-state index contributed by atoms with van der Waals surface area (Å²) in [6, 6.07) is 0. The van der Waals surface area contributed by atoms with Crippen molar-refractivity contribution >= 4 is 15.9 Å². The maximum Gasteiger partial charge on any atom is 0.139 e. The van der Waals surface area contributed by atoms with Crippen molar-refractivity contribution in [1.82, 2.24) is 0 Å². The lowest BCUT2D eigenvalue weighted by Crippen LogP contribution is -1.94. The van der Waals surface area contributed by atoms with Crippen molar-refractivity contribution in [3.05, 3.63) is 21.2 Å². The second-order valence-corrected chi connectivity index (χ2v) is 3.86. The quantitative estimate of drug-likeness (QED) is 0.823. The fraction of sp³-hybridized carbons (Fsp3) is 0.400. The summed E-state index contributed by atoms with van der Waals surface area (Å²) in [6.07, 6.45) is 0. The minimum Gasteiger partial charge on any atom is -0.507 e. The van der Waals surface area contributed by atoms with Gasteiger partial charge in [0.05, 0.1) is 11.6 Å². The lowest BCUT2D eigenvalue weighted by atomic mass is 10.0. The van der Waals surface area contributed by atoms with Crippen LogP contribution in [0.25, 0.3) is 0 Å². The van der Waals surface area contributed by atoms with Gasteiger partial charge in [0.15, 0.2) is 0 Å². The van der Waals surface area contributed by atoms with Crippen LogP contribution in [-0.4, -0.2) is 12.2 Å². The van der Waals surface area contributed by atoms with E-state index >= 15 is 0 Å². The molecule has 0 heterocycles. The largest absolute Gasteiger partial charge is 0.507 e. The summed E-state index contributed by atoms with van der Waals surface area (Å²) in [5, 5.41) is 9.72. The highest BCUT2D eigenvalue weighted by Gasteiger charge is 2.15. The molecule has 0 saturated heterocycles. The molecule has 0 unspecified atom stereocenters. The number of phenols is 1.